The van der Waals surface area contributed by atoms with Crippen LogP contribution in [0, 0.1) is 12.7 Å². The highest BCUT2D eigenvalue weighted by Crippen LogP contribution is 2.26. The van der Waals surface area contributed by atoms with Gasteiger partial charge in [0.25, 0.3) is 0 Å². The summed E-state index contributed by atoms with van der Waals surface area (Å²) in [6.45, 7) is 3.53. The molecule has 0 aliphatic heterocycles. The molecule has 0 aliphatic carbocycles. The Morgan fingerprint density at radius 3 is 3.11 bits per heavy atom. The third-order valence-electron chi connectivity index (χ3n) is 2.73. The molecule has 0 unspecified atom stereocenters. The maximum absolute atomic E-state index is 13.1. The molecule has 6 heteroatoms. The highest BCUT2D eigenvalue weighted by atomic mass is 32.1. The molecule has 4 nitrogen and oxygen atoms in total. The Morgan fingerprint density at radius 1 is 1.42 bits per heavy atom. The zero-order valence-corrected chi connectivity index (χ0v) is 11.2. The van der Waals surface area contributed by atoms with Crippen molar-refractivity contribution in [1.29, 1.82) is 0 Å². The molecule has 0 bridgehead atoms. The first-order chi connectivity index (χ1) is 9.20. The van der Waals surface area contributed by atoms with Crippen LogP contribution in [0.5, 0.6) is 0 Å². The van der Waals surface area contributed by atoms with E-state index in [9.17, 15) is 4.39 Å². The average Bonchev–Trinajstić information content (AvgIpc) is 2.95. The molecule has 0 amide bonds. The molecule has 1 aromatic carbocycles. The average molecular weight is 276 g/mol. The largest absolute Gasteiger partial charge is 0.360 e. The summed E-state index contributed by atoms with van der Waals surface area (Å²) in [4.78, 5) is 4.35. The molecule has 19 heavy (non-hydrogen) atoms. The molecule has 1 N–H and O–H groups in total. The van der Waals surface area contributed by atoms with Gasteiger partial charge in [0, 0.05) is 18.8 Å². The summed E-state index contributed by atoms with van der Waals surface area (Å²) >= 11 is 1.53. The van der Waals surface area contributed by atoms with Gasteiger partial charge in [-0.2, -0.15) is 5.10 Å². The van der Waals surface area contributed by atoms with E-state index in [-0.39, 0.29) is 5.82 Å². The zero-order valence-electron chi connectivity index (χ0n) is 10.4. The number of aromatic nitrogens is 3. The molecule has 3 rings (SSSR count). The SMILES string of the molecule is Cc1cnn(CCNc2nc3cc(F)ccc3s2)c1. The first-order valence-electron chi connectivity index (χ1n) is 6.00. The standard InChI is InChI=1S/C13H13FN4S/c1-9-7-16-18(8-9)5-4-15-13-17-11-6-10(14)2-3-12(11)19-13/h2-3,6-8H,4-5H2,1H3,(H,15,17). The van der Waals surface area contributed by atoms with Crippen molar-refractivity contribution in [1.82, 2.24) is 14.8 Å². The van der Waals surface area contributed by atoms with Gasteiger partial charge in [0.05, 0.1) is 23.0 Å². The molecule has 98 valence electrons. The molecule has 3 aromatic rings. The number of anilines is 1. The van der Waals surface area contributed by atoms with Gasteiger partial charge in [-0.25, -0.2) is 9.37 Å². The second-order valence-corrected chi connectivity index (χ2v) is 5.37. The van der Waals surface area contributed by atoms with E-state index in [0.717, 1.165) is 28.5 Å². The van der Waals surface area contributed by atoms with E-state index >= 15 is 0 Å². The minimum atomic E-state index is -0.253. The van der Waals surface area contributed by atoms with Crippen LogP contribution in [0.25, 0.3) is 10.2 Å². The van der Waals surface area contributed by atoms with E-state index in [0.29, 0.717) is 5.52 Å². The van der Waals surface area contributed by atoms with Gasteiger partial charge in [-0.3, -0.25) is 4.68 Å². The van der Waals surface area contributed by atoms with Gasteiger partial charge in [0.2, 0.25) is 0 Å². The van der Waals surface area contributed by atoms with Gasteiger partial charge >= 0.3 is 0 Å². The van der Waals surface area contributed by atoms with Crippen molar-refractivity contribution in [3.63, 3.8) is 0 Å². The van der Waals surface area contributed by atoms with E-state index < -0.39 is 0 Å². The number of thiazole rings is 1. The lowest BCUT2D eigenvalue weighted by Crippen LogP contribution is -2.10. The third kappa shape index (κ3) is 2.73. The smallest absolute Gasteiger partial charge is 0.183 e. The first-order valence-corrected chi connectivity index (χ1v) is 6.81. The molecule has 0 radical (unpaired) electrons. The fourth-order valence-electron chi connectivity index (χ4n) is 1.84. The number of rotatable bonds is 4. The summed E-state index contributed by atoms with van der Waals surface area (Å²) in [6, 6.07) is 4.66. The maximum Gasteiger partial charge on any atom is 0.183 e. The second kappa shape index (κ2) is 4.97. The molecule has 0 aliphatic rings. The predicted octanol–water partition coefficient (Wildman–Crippen LogP) is 3.05. The number of nitrogens with one attached hydrogen (secondary N) is 1. The molecule has 0 spiro atoms. The van der Waals surface area contributed by atoms with Crippen molar-refractivity contribution >= 4 is 26.7 Å². The predicted molar refractivity (Wildman–Crippen MR) is 75.0 cm³/mol. The Bertz CT molecular complexity index is 704. The van der Waals surface area contributed by atoms with Gasteiger partial charge in [0.1, 0.15) is 5.82 Å². The third-order valence-corrected chi connectivity index (χ3v) is 3.72. The molecule has 0 fully saturated rings. The molecule has 2 heterocycles. The van der Waals surface area contributed by atoms with Crippen LogP contribution >= 0.6 is 11.3 Å². The lowest BCUT2D eigenvalue weighted by atomic mass is 10.3. The van der Waals surface area contributed by atoms with E-state index in [2.05, 4.69) is 15.4 Å². The maximum atomic E-state index is 13.1. The Balaban J connectivity index is 1.65. The van der Waals surface area contributed by atoms with Crippen LogP contribution in [0.15, 0.2) is 30.6 Å². The summed E-state index contributed by atoms with van der Waals surface area (Å²) in [5.41, 5.74) is 1.85. The van der Waals surface area contributed by atoms with E-state index in [1.54, 1.807) is 6.07 Å². The number of hydrogen-bond donors (Lipinski definition) is 1. The monoisotopic (exact) mass is 276 g/mol. The number of halogens is 1. The number of benzene rings is 1. The van der Waals surface area contributed by atoms with Crippen molar-refractivity contribution in [2.75, 3.05) is 11.9 Å². The number of hydrogen-bond acceptors (Lipinski definition) is 4. The first kappa shape index (κ1) is 12.1. The Hall–Kier alpha value is -1.95. The summed E-state index contributed by atoms with van der Waals surface area (Å²) in [7, 11) is 0. The molecule has 0 atom stereocenters. The van der Waals surface area contributed by atoms with E-state index in [1.165, 1.54) is 23.5 Å². The van der Waals surface area contributed by atoms with Gasteiger partial charge < -0.3 is 5.32 Å². The van der Waals surface area contributed by atoms with Crippen LogP contribution in [0.1, 0.15) is 5.56 Å². The van der Waals surface area contributed by atoms with E-state index in [1.807, 2.05) is 24.0 Å². The van der Waals surface area contributed by atoms with Crippen LogP contribution < -0.4 is 5.32 Å². The number of fused-ring (bicyclic) bond motifs is 1. The zero-order chi connectivity index (χ0) is 13.2. The Morgan fingerprint density at radius 2 is 2.32 bits per heavy atom. The molecule has 0 saturated carbocycles. The van der Waals surface area contributed by atoms with Crippen LogP contribution in [0.4, 0.5) is 9.52 Å². The van der Waals surface area contributed by atoms with Crippen LogP contribution in [0.2, 0.25) is 0 Å². The van der Waals surface area contributed by atoms with E-state index in [4.69, 9.17) is 0 Å². The van der Waals surface area contributed by atoms with Crippen molar-refractivity contribution in [2.24, 2.45) is 0 Å². The lowest BCUT2D eigenvalue weighted by molar-refractivity contribution is 0.629. The molecule has 0 saturated heterocycles. The highest BCUT2D eigenvalue weighted by Gasteiger charge is 2.04. The fraction of sp³-hybridized carbons (Fsp3) is 0.231. The Kier molecular flexibility index (Phi) is 3.16. The summed E-state index contributed by atoms with van der Waals surface area (Å²) in [5, 5.41) is 8.26. The summed E-state index contributed by atoms with van der Waals surface area (Å²) in [5.74, 6) is -0.253. The van der Waals surface area contributed by atoms with Crippen molar-refractivity contribution in [2.45, 2.75) is 13.5 Å². The van der Waals surface area contributed by atoms with Crippen LogP contribution in [0.3, 0.4) is 0 Å². The molecular formula is C13H13FN4S. The normalized spacial score (nSPS) is 11.1. The van der Waals surface area contributed by atoms with Crippen molar-refractivity contribution in [3.8, 4) is 0 Å². The number of nitrogens with zero attached hydrogens (tertiary/aromatic N) is 3. The van der Waals surface area contributed by atoms with Gasteiger partial charge in [0.15, 0.2) is 5.13 Å². The van der Waals surface area contributed by atoms with Crippen LogP contribution in [-0.2, 0) is 6.54 Å². The lowest BCUT2D eigenvalue weighted by Gasteiger charge is -2.02. The van der Waals surface area contributed by atoms with Gasteiger partial charge in [-0.05, 0) is 24.6 Å². The second-order valence-electron chi connectivity index (χ2n) is 4.34. The van der Waals surface area contributed by atoms with Crippen molar-refractivity contribution < 1.29 is 4.39 Å². The topological polar surface area (TPSA) is 42.7 Å². The highest BCUT2D eigenvalue weighted by molar-refractivity contribution is 7.22. The minimum Gasteiger partial charge on any atom is -0.360 e. The van der Waals surface area contributed by atoms with Crippen molar-refractivity contribution in [3.05, 3.63) is 42.0 Å². The quantitative estimate of drug-likeness (QED) is 0.796. The molecule has 2 aromatic heterocycles. The van der Waals surface area contributed by atoms with Gasteiger partial charge in [-0.1, -0.05) is 11.3 Å². The summed E-state index contributed by atoms with van der Waals surface area (Å²) in [6.07, 6.45) is 3.83. The molecular weight excluding hydrogens is 263 g/mol. The summed E-state index contributed by atoms with van der Waals surface area (Å²) < 4.78 is 15.9. The van der Waals surface area contributed by atoms with Crippen LogP contribution in [-0.4, -0.2) is 21.3 Å². The fourth-order valence-corrected chi connectivity index (χ4v) is 2.71. The minimum absolute atomic E-state index is 0.253. The number of aryl methyl sites for hydroxylation is 1. The Labute approximate surface area is 113 Å². The van der Waals surface area contributed by atoms with Gasteiger partial charge in [-0.15, -0.1) is 0 Å².